The Morgan fingerprint density at radius 2 is 1.02 bits per heavy atom. The lowest BCUT2D eigenvalue weighted by atomic mass is 10.1. The van der Waals surface area contributed by atoms with Crippen molar-refractivity contribution >= 4 is 141 Å². The average molecular weight is 1640 g/mol. The van der Waals surface area contributed by atoms with E-state index in [1.54, 1.807) is 121 Å². The lowest BCUT2D eigenvalue weighted by Crippen LogP contribution is -2.41. The molecule has 0 spiro atoms. The fraction of sp³-hybridized carbons (Fsp3) is 0.414. The van der Waals surface area contributed by atoms with Crippen molar-refractivity contribution < 1.29 is 47.8 Å². The van der Waals surface area contributed by atoms with Crippen LogP contribution in [0, 0.1) is 23.7 Å². The molecule has 5 aliphatic rings. The quantitative estimate of drug-likeness (QED) is 0.0241. The molecule has 0 saturated carbocycles. The predicted octanol–water partition coefficient (Wildman–Crippen LogP) is 8.61. The summed E-state index contributed by atoms with van der Waals surface area (Å²) in [5, 5.41) is 34.2. The summed E-state index contributed by atoms with van der Waals surface area (Å²) in [6.45, 7) is 22.1. The van der Waals surface area contributed by atoms with E-state index in [9.17, 15) is 43.3 Å². The summed E-state index contributed by atoms with van der Waals surface area (Å²) in [6, 6.07) is 28.4. The fourth-order valence-corrected chi connectivity index (χ4v) is 17.7. The number of halogens is 1. The van der Waals surface area contributed by atoms with Gasteiger partial charge in [-0.1, -0.05) is 51.1 Å². The first-order chi connectivity index (χ1) is 52.8. The lowest BCUT2D eigenvalue weighted by Gasteiger charge is -2.19. The van der Waals surface area contributed by atoms with Crippen LogP contribution in [0.1, 0.15) is 115 Å². The van der Waals surface area contributed by atoms with Crippen LogP contribution in [0.25, 0.3) is 16.4 Å². The van der Waals surface area contributed by atoms with E-state index in [0.717, 1.165) is 70.2 Å². The van der Waals surface area contributed by atoms with Gasteiger partial charge in [-0.25, -0.2) is 77.3 Å². The van der Waals surface area contributed by atoms with E-state index < -0.39 is 40.1 Å². The van der Waals surface area contributed by atoms with Gasteiger partial charge < -0.3 is 14.7 Å². The molecule has 0 fully saturated rings. The number of alkyl halides is 1. The molecule has 4 atom stereocenters. The predicted molar refractivity (Wildman–Crippen MR) is 430 cm³/mol. The van der Waals surface area contributed by atoms with Crippen molar-refractivity contribution in [1.29, 1.82) is 0 Å². The van der Waals surface area contributed by atoms with Crippen LogP contribution in [0.15, 0.2) is 179 Å². The van der Waals surface area contributed by atoms with Crippen LogP contribution < -0.4 is 29.1 Å². The van der Waals surface area contributed by atoms with Gasteiger partial charge in [0.15, 0.2) is 0 Å². The van der Waals surface area contributed by atoms with Crippen LogP contribution in [-0.2, 0) is 63.7 Å². The summed E-state index contributed by atoms with van der Waals surface area (Å²) in [4.78, 5) is 48.3. The van der Waals surface area contributed by atoms with Crippen molar-refractivity contribution in [3.05, 3.63) is 137 Å². The van der Waals surface area contributed by atoms with Gasteiger partial charge in [-0.3, -0.25) is 29.6 Å². The molecule has 0 saturated heterocycles. The van der Waals surface area contributed by atoms with Gasteiger partial charge >= 0.3 is 0 Å². The number of hydrogen-bond acceptors (Lipinski definition) is 24. The van der Waals surface area contributed by atoms with Crippen molar-refractivity contribution in [2.75, 3.05) is 63.8 Å². The Morgan fingerprint density at radius 1 is 0.555 bits per heavy atom. The van der Waals surface area contributed by atoms with E-state index in [2.05, 4.69) is 108 Å². The first-order valence-electron chi connectivity index (χ1n) is 35.7. The second-order valence-corrected chi connectivity index (χ2v) is 34.6. The van der Waals surface area contributed by atoms with E-state index in [4.69, 9.17) is 16.1 Å². The summed E-state index contributed by atoms with van der Waals surface area (Å²) >= 11 is 7.79. The smallest absolute Gasteiger partial charge is 0.273 e. The fourth-order valence-electron chi connectivity index (χ4n) is 11.0. The van der Waals surface area contributed by atoms with Crippen molar-refractivity contribution in [1.82, 2.24) is 64.2 Å². The number of amides is 2. The monoisotopic (exact) mass is 1640 g/mol. The maximum Gasteiger partial charge on any atom is 0.273 e. The van der Waals surface area contributed by atoms with Crippen molar-refractivity contribution in [3.63, 3.8) is 0 Å². The molecular formula is C70H91ClN22O11S6. The number of aliphatic imine (C=N–C) groups is 4. The molecule has 9 heterocycles. The minimum Gasteiger partial charge on any atom is -0.347 e. The lowest BCUT2D eigenvalue weighted by molar-refractivity contribution is -0.116. The van der Waals surface area contributed by atoms with Crippen LogP contribution in [0.5, 0.6) is 0 Å². The van der Waals surface area contributed by atoms with Gasteiger partial charge in [0.1, 0.15) is 14.3 Å². The molecule has 40 heteroatoms. The molecule has 4 aromatic heterocycles. The zero-order valence-electron chi connectivity index (χ0n) is 62.3. The Morgan fingerprint density at radius 3 is 1.45 bits per heavy atom. The molecule has 0 radical (unpaired) electrons. The summed E-state index contributed by atoms with van der Waals surface area (Å²) in [6.07, 6.45) is 15.1. The number of nitrogens with one attached hydrogen (secondary N) is 5. The number of rotatable bonds is 22. The minimum absolute atomic E-state index is 0.0442. The number of thiophene rings is 2. The maximum absolute atomic E-state index is 12.9. The molecule has 7 aromatic rings. The Hall–Kier alpha value is -9.80. The van der Waals surface area contributed by atoms with Gasteiger partial charge in [0, 0.05) is 117 Å². The van der Waals surface area contributed by atoms with Crippen LogP contribution in [0.4, 0.5) is 5.69 Å². The Labute approximate surface area is 654 Å². The molecule has 5 aliphatic heterocycles. The maximum atomic E-state index is 12.9. The molecule has 0 bridgehead atoms. The molecular weight excluding hydrogens is 1550 g/mol. The molecule has 33 nitrogen and oxygen atoms in total. The van der Waals surface area contributed by atoms with Gasteiger partial charge in [0.05, 0.1) is 53.1 Å². The van der Waals surface area contributed by atoms with Gasteiger partial charge in [-0.05, 0) is 150 Å². The molecule has 3 aromatic carbocycles. The number of guanidine groups is 4. The average Bonchev–Trinajstić information content (AvgIpc) is 1.59. The number of anilines is 1. The number of nitrogens with zero attached hydrogens (tertiary/aromatic N) is 17. The molecule has 4 unspecified atom stereocenters. The number of hydrogen-bond donors (Lipinski definition) is 5. The normalized spacial score (nSPS) is 17.9. The number of aromatic nitrogens is 4. The van der Waals surface area contributed by atoms with Gasteiger partial charge in [0.2, 0.25) is 41.5 Å². The van der Waals surface area contributed by atoms with Crippen LogP contribution in [0.2, 0.25) is 0 Å². The van der Waals surface area contributed by atoms with Gasteiger partial charge in [-0.2, -0.15) is 30.5 Å². The second-order valence-electron chi connectivity index (χ2n) is 24.9. The highest BCUT2D eigenvalue weighted by molar-refractivity contribution is 7.92. The molecule has 2 amide bonds. The first-order valence-corrected chi connectivity index (χ1v) is 43.8. The number of sulfonamides is 4. The van der Waals surface area contributed by atoms with E-state index in [0.29, 0.717) is 87.5 Å². The van der Waals surface area contributed by atoms with E-state index in [1.807, 2.05) is 58.6 Å². The van der Waals surface area contributed by atoms with Crippen molar-refractivity contribution in [3.8, 4) is 16.4 Å². The summed E-state index contributed by atoms with van der Waals surface area (Å²) < 4.78 is 120. The molecule has 12 rings (SSSR count). The second kappa shape index (κ2) is 39.2. The van der Waals surface area contributed by atoms with Gasteiger partial charge in [-0.15, -0.1) is 34.3 Å². The van der Waals surface area contributed by atoms with Crippen LogP contribution >= 0.6 is 34.3 Å². The molecule has 0 aliphatic carbocycles. The zero-order valence-corrected chi connectivity index (χ0v) is 68.0. The third-order valence-corrected chi connectivity index (χ3v) is 25.8. The third-order valence-electron chi connectivity index (χ3n) is 17.1. The Balaban J connectivity index is 0.000000169. The highest BCUT2D eigenvalue weighted by atomic mass is 35.5. The Bertz CT molecular complexity index is 5010. The highest BCUT2D eigenvalue weighted by Crippen LogP contribution is 2.32. The minimum atomic E-state index is -3.82. The number of benzene rings is 3. The van der Waals surface area contributed by atoms with Crippen LogP contribution in [-0.4, -0.2) is 193 Å². The van der Waals surface area contributed by atoms with Gasteiger partial charge in [0.25, 0.3) is 46.0 Å². The number of carbonyl (C=O) groups is 2. The van der Waals surface area contributed by atoms with E-state index >= 15 is 0 Å². The summed E-state index contributed by atoms with van der Waals surface area (Å²) in [7, 11) is -15.2. The molecule has 590 valence electrons. The largest absolute Gasteiger partial charge is 0.347 e. The SMILES string of the molecule is CCN=C(NS(=O)(=O)c1ccc(-c2noc(CCl)n2)s1)N1CC(CC)C=N1.CCN=C(NS(=O)(=O)c1ccc(-n2cccn2)cc1)N1CC(CC)C=N1.CCN=C(NS(=O)(=O)c1ccc(CNC(=O)c2ccccc2)s1)N1CC(CC)C=N1.CCN=C(NS(=O)(=O)c1ccc2c(c1)CCN2C(C)=O)N1CC(CC)C=N1. The molecule has 5 N–H and O–H groups in total. The number of carbonyl (C=O) groups excluding carboxylic acids is 2. The molecule has 110 heavy (non-hydrogen) atoms. The van der Waals surface area contributed by atoms with Crippen molar-refractivity contribution in [2.24, 2.45) is 64.0 Å². The van der Waals surface area contributed by atoms with Crippen LogP contribution in [0.3, 0.4) is 0 Å². The first kappa shape index (κ1) is 84.2. The highest BCUT2D eigenvalue weighted by Gasteiger charge is 2.32. The van der Waals surface area contributed by atoms with E-state index in [1.165, 1.54) is 25.1 Å². The Kier molecular flexibility index (Phi) is 30.0. The standard InChI is InChI=1S/C20H25N5O3S2.C18H25N5O3S.C17H22N6O2S.C15H19ClN6O3S2/c1-3-15-12-23-25(14-15)20(21-4-2)24-30(27,28)18-11-10-17(29-18)13-22-19(26)16-8-6-5-7-9-16;1-4-14-11-20-23(12-14)18(19-5-2)21-27(25,26)16-6-7-17-15(10-16)8-9-22(17)13(3)24;1-3-14-12-20-23(13-14)17(18-4-2)21-26(24,25)16-8-6-15(7-9-16)22-11-5-10-19-22;1-3-10-8-18-22(9-10)15(17-4-2)21-27(23,24)13-6-5-11(26-13)14-19-12(7-16)25-20-14/h5-12,15H,3-4,13-14H2,1-2H3,(H,21,24)(H,22,26);6-7,10-11,14H,4-5,8-9,12H2,1-3H3,(H,19,21);5-12,14H,3-4,13H2,1-2H3,(H,18,21);5-6,8,10H,3-4,7,9H2,1-2H3,(H,17,21). The number of fused-ring (bicyclic) bond motifs is 1. The van der Waals surface area contributed by atoms with Crippen molar-refractivity contribution in [2.45, 2.75) is 125 Å². The summed E-state index contributed by atoms with van der Waals surface area (Å²) in [5.41, 5.74) is 2.97. The zero-order chi connectivity index (χ0) is 79.2. The number of hydrazone groups is 4. The summed E-state index contributed by atoms with van der Waals surface area (Å²) in [5.74, 6) is 2.47. The van der Waals surface area contributed by atoms with E-state index in [-0.39, 0.29) is 89.9 Å². The third kappa shape index (κ3) is 22.5. The topological polar surface area (TPSA) is 403 Å².